The maximum atomic E-state index is 12.7. The minimum Gasteiger partial charge on any atom is -0.497 e. The van der Waals surface area contributed by atoms with E-state index in [1.54, 1.807) is 27.9 Å². The molecule has 33 heavy (non-hydrogen) atoms. The summed E-state index contributed by atoms with van der Waals surface area (Å²) in [5, 5.41) is 3.07. The van der Waals surface area contributed by atoms with E-state index in [1.807, 2.05) is 24.3 Å². The van der Waals surface area contributed by atoms with Crippen molar-refractivity contribution in [3.8, 4) is 5.75 Å². The summed E-state index contributed by atoms with van der Waals surface area (Å²) < 4.78 is 10.5. The molecule has 2 amide bonds. The van der Waals surface area contributed by atoms with Crippen LogP contribution in [0.1, 0.15) is 39.4 Å². The number of primary amides is 1. The molecule has 0 atom stereocenters. The van der Waals surface area contributed by atoms with Crippen LogP contribution < -0.4 is 20.7 Å². The lowest BCUT2D eigenvalue weighted by molar-refractivity contribution is -0.117. The van der Waals surface area contributed by atoms with Gasteiger partial charge in [0.15, 0.2) is 0 Å². The van der Waals surface area contributed by atoms with Gasteiger partial charge in [-0.15, -0.1) is 11.3 Å². The first kappa shape index (κ1) is 24.5. The van der Waals surface area contributed by atoms with Crippen molar-refractivity contribution in [3.63, 3.8) is 0 Å². The Morgan fingerprint density at radius 1 is 1.12 bits per heavy atom. The highest BCUT2D eigenvalue weighted by Crippen LogP contribution is 2.33. The Balaban J connectivity index is 1.62. The second-order valence-corrected chi connectivity index (χ2v) is 9.11. The molecule has 0 bridgehead atoms. The van der Waals surface area contributed by atoms with Crippen molar-refractivity contribution in [2.24, 2.45) is 5.73 Å². The average molecular weight is 475 g/mol. The lowest BCUT2D eigenvalue weighted by atomic mass is 10.1. The molecule has 2 heterocycles. The van der Waals surface area contributed by atoms with Gasteiger partial charge in [-0.25, -0.2) is 4.79 Å². The molecule has 178 valence electrons. The molecule has 0 unspecified atom stereocenters. The number of esters is 1. The van der Waals surface area contributed by atoms with Gasteiger partial charge in [-0.2, -0.15) is 0 Å². The lowest BCUT2D eigenvalue weighted by Crippen LogP contribution is -2.48. The molecule has 3 N–H and O–H groups in total. The second-order valence-electron chi connectivity index (χ2n) is 8.09. The third-order valence-electron chi connectivity index (χ3n) is 5.35. The molecule has 0 saturated carbocycles. The zero-order valence-electron chi connectivity index (χ0n) is 19.3. The van der Waals surface area contributed by atoms with Crippen molar-refractivity contribution >= 4 is 39.8 Å². The Kier molecular flexibility index (Phi) is 7.93. The van der Waals surface area contributed by atoms with Crippen LogP contribution in [-0.4, -0.2) is 68.6 Å². The number of carbonyl (C=O) groups is 3. The number of piperazine rings is 1. The summed E-state index contributed by atoms with van der Waals surface area (Å²) in [7, 11) is 1.64. The zero-order valence-corrected chi connectivity index (χ0v) is 20.2. The van der Waals surface area contributed by atoms with Crippen molar-refractivity contribution < 1.29 is 23.9 Å². The molecule has 2 aromatic rings. The SMILES string of the molecule is COc1ccc(N2CCN(CC(=O)Nc3sc(C(N)=O)c(C)c3C(=O)OC(C)C)CC2)cc1. The summed E-state index contributed by atoms with van der Waals surface area (Å²) in [6.07, 6.45) is -0.334. The van der Waals surface area contributed by atoms with Gasteiger partial charge in [0.05, 0.1) is 30.2 Å². The van der Waals surface area contributed by atoms with Crippen LogP contribution in [0.5, 0.6) is 5.75 Å². The molecule has 0 radical (unpaired) electrons. The van der Waals surface area contributed by atoms with Gasteiger partial charge >= 0.3 is 5.97 Å². The van der Waals surface area contributed by atoms with Crippen molar-refractivity contribution in [2.45, 2.75) is 26.9 Å². The number of nitrogens with one attached hydrogen (secondary N) is 1. The van der Waals surface area contributed by atoms with Crippen molar-refractivity contribution in [2.75, 3.05) is 50.1 Å². The van der Waals surface area contributed by atoms with Crippen LogP contribution in [0.25, 0.3) is 0 Å². The fourth-order valence-corrected chi connectivity index (χ4v) is 4.75. The molecule has 0 spiro atoms. The van der Waals surface area contributed by atoms with Crippen molar-refractivity contribution in [1.82, 2.24) is 4.90 Å². The van der Waals surface area contributed by atoms with Gasteiger partial charge in [0.1, 0.15) is 10.8 Å². The molecule has 1 aromatic carbocycles. The minimum atomic E-state index is -0.647. The van der Waals surface area contributed by atoms with E-state index >= 15 is 0 Å². The Bertz CT molecular complexity index is 1010. The summed E-state index contributed by atoms with van der Waals surface area (Å²) in [6.45, 7) is 8.29. The number of nitrogens with two attached hydrogens (primary N) is 1. The van der Waals surface area contributed by atoms with E-state index in [1.165, 1.54) is 0 Å². The summed E-state index contributed by atoms with van der Waals surface area (Å²) in [5.41, 5.74) is 7.15. The van der Waals surface area contributed by atoms with Gasteiger partial charge < -0.3 is 25.4 Å². The molecular weight excluding hydrogens is 444 g/mol. The fourth-order valence-electron chi connectivity index (χ4n) is 3.68. The topological polar surface area (TPSA) is 114 Å². The number of carbonyl (C=O) groups excluding carboxylic acids is 3. The monoisotopic (exact) mass is 474 g/mol. The highest BCUT2D eigenvalue weighted by Gasteiger charge is 2.27. The number of hydrogen-bond acceptors (Lipinski definition) is 8. The van der Waals surface area contributed by atoms with E-state index in [9.17, 15) is 14.4 Å². The summed E-state index contributed by atoms with van der Waals surface area (Å²) in [5.74, 6) is -0.682. The van der Waals surface area contributed by atoms with E-state index in [0.29, 0.717) is 5.56 Å². The van der Waals surface area contributed by atoms with Gasteiger partial charge in [-0.1, -0.05) is 0 Å². The van der Waals surface area contributed by atoms with Crippen LogP contribution in [0.4, 0.5) is 10.7 Å². The number of amides is 2. The first-order valence-corrected chi connectivity index (χ1v) is 11.6. The molecular formula is C23H30N4O5S. The maximum absolute atomic E-state index is 12.7. The van der Waals surface area contributed by atoms with E-state index in [2.05, 4.69) is 15.1 Å². The van der Waals surface area contributed by atoms with Gasteiger partial charge in [0, 0.05) is 31.9 Å². The molecule has 1 saturated heterocycles. The largest absolute Gasteiger partial charge is 0.497 e. The smallest absolute Gasteiger partial charge is 0.341 e. The van der Waals surface area contributed by atoms with Crippen LogP contribution in [0.15, 0.2) is 24.3 Å². The van der Waals surface area contributed by atoms with Gasteiger partial charge in [-0.05, 0) is 50.6 Å². The van der Waals surface area contributed by atoms with Gasteiger partial charge in [0.25, 0.3) is 5.91 Å². The van der Waals surface area contributed by atoms with E-state index in [-0.39, 0.29) is 34.0 Å². The Morgan fingerprint density at radius 2 is 1.76 bits per heavy atom. The number of ether oxygens (including phenoxy) is 2. The summed E-state index contributed by atoms with van der Waals surface area (Å²) in [4.78, 5) is 41.6. The van der Waals surface area contributed by atoms with Crippen LogP contribution in [-0.2, 0) is 9.53 Å². The van der Waals surface area contributed by atoms with E-state index < -0.39 is 11.9 Å². The van der Waals surface area contributed by atoms with E-state index in [0.717, 1.165) is 49.0 Å². The molecule has 3 rings (SSSR count). The van der Waals surface area contributed by atoms with Crippen molar-refractivity contribution in [3.05, 3.63) is 40.3 Å². The average Bonchev–Trinajstić information content (AvgIpc) is 3.09. The molecule has 1 aliphatic heterocycles. The highest BCUT2D eigenvalue weighted by molar-refractivity contribution is 7.18. The molecule has 10 heteroatoms. The number of nitrogens with zero attached hydrogens (tertiary/aromatic N) is 2. The third kappa shape index (κ3) is 6.02. The Morgan fingerprint density at radius 3 is 2.30 bits per heavy atom. The Labute approximate surface area is 197 Å². The third-order valence-corrected chi connectivity index (χ3v) is 6.57. The second kappa shape index (κ2) is 10.7. The number of benzene rings is 1. The highest BCUT2D eigenvalue weighted by atomic mass is 32.1. The standard InChI is InChI=1S/C23H30N4O5S/c1-14(2)32-23(30)19-15(3)20(21(24)29)33-22(19)25-18(28)13-26-9-11-27(12-10-26)16-5-7-17(31-4)8-6-16/h5-8,14H,9-13H2,1-4H3,(H2,24,29)(H,25,28). The normalized spacial score (nSPS) is 14.3. The predicted octanol–water partition coefficient (Wildman–Crippen LogP) is 2.49. The molecule has 1 fully saturated rings. The predicted molar refractivity (Wildman–Crippen MR) is 128 cm³/mol. The van der Waals surface area contributed by atoms with Gasteiger partial charge in [-0.3, -0.25) is 14.5 Å². The van der Waals surface area contributed by atoms with Crippen LogP contribution in [0.2, 0.25) is 0 Å². The molecule has 0 aliphatic carbocycles. The fraction of sp³-hybridized carbons (Fsp3) is 0.435. The van der Waals surface area contributed by atoms with Crippen LogP contribution in [0, 0.1) is 6.92 Å². The lowest BCUT2D eigenvalue weighted by Gasteiger charge is -2.35. The van der Waals surface area contributed by atoms with Crippen LogP contribution >= 0.6 is 11.3 Å². The van der Waals surface area contributed by atoms with Crippen molar-refractivity contribution in [1.29, 1.82) is 0 Å². The number of hydrogen-bond donors (Lipinski definition) is 2. The molecule has 1 aliphatic rings. The number of rotatable bonds is 8. The molecule has 9 nitrogen and oxygen atoms in total. The summed E-state index contributed by atoms with van der Waals surface area (Å²) in [6, 6.07) is 7.91. The number of methoxy groups -OCH3 is 1. The summed E-state index contributed by atoms with van der Waals surface area (Å²) >= 11 is 0.996. The minimum absolute atomic E-state index is 0.179. The maximum Gasteiger partial charge on any atom is 0.341 e. The number of thiophene rings is 1. The number of anilines is 2. The van der Waals surface area contributed by atoms with Crippen LogP contribution in [0.3, 0.4) is 0 Å². The zero-order chi connectivity index (χ0) is 24.1. The molecule has 1 aromatic heterocycles. The quantitative estimate of drug-likeness (QED) is 0.565. The van der Waals surface area contributed by atoms with Gasteiger partial charge in [0.2, 0.25) is 5.91 Å². The first-order valence-electron chi connectivity index (χ1n) is 10.7. The first-order chi connectivity index (χ1) is 15.7. The Hall–Kier alpha value is -3.11. The van der Waals surface area contributed by atoms with E-state index in [4.69, 9.17) is 15.2 Å².